The van der Waals surface area contributed by atoms with Gasteiger partial charge in [-0.1, -0.05) is 56.1 Å². The van der Waals surface area contributed by atoms with E-state index in [0.717, 1.165) is 26.6 Å². The van der Waals surface area contributed by atoms with Crippen LogP contribution >= 0.6 is 31.9 Å². The lowest BCUT2D eigenvalue weighted by atomic mass is 10.0. The summed E-state index contributed by atoms with van der Waals surface area (Å²) < 4.78 is 51.5. The quantitative estimate of drug-likeness (QED) is 0.225. The van der Waals surface area contributed by atoms with Gasteiger partial charge in [0.15, 0.2) is 11.5 Å². The van der Waals surface area contributed by atoms with Crippen molar-refractivity contribution in [3.05, 3.63) is 91.9 Å². The van der Waals surface area contributed by atoms with Crippen molar-refractivity contribution in [3.63, 3.8) is 0 Å². The third kappa shape index (κ3) is 5.93. The maximum atomic E-state index is 12.8. The van der Waals surface area contributed by atoms with Crippen LogP contribution in [-0.4, -0.2) is 7.11 Å². The van der Waals surface area contributed by atoms with Gasteiger partial charge in [-0.05, 0) is 53.6 Å². The number of hydrogen-bond donors (Lipinski definition) is 0. The van der Waals surface area contributed by atoms with Crippen molar-refractivity contribution in [1.29, 1.82) is 5.26 Å². The maximum Gasteiger partial charge on any atom is 0.416 e. The Kier molecular flexibility index (Phi) is 7.64. The highest BCUT2D eigenvalue weighted by atomic mass is 79.9. The van der Waals surface area contributed by atoms with Crippen LogP contribution in [0.15, 0.2) is 69.6 Å². The van der Waals surface area contributed by atoms with Crippen molar-refractivity contribution in [2.45, 2.75) is 12.8 Å². The number of benzene rings is 3. The van der Waals surface area contributed by atoms with Gasteiger partial charge in [0.25, 0.3) is 0 Å². The SMILES string of the molecule is COc1cc(/C=C(/C#N)c2ccc(C(F)(F)F)cc2)ccc1OCc1ccc(Br)cc1Br. The summed E-state index contributed by atoms with van der Waals surface area (Å²) in [7, 11) is 1.51. The molecule has 0 saturated heterocycles. The predicted octanol–water partition coefficient (Wildman–Crippen LogP) is 7.88. The van der Waals surface area contributed by atoms with Gasteiger partial charge in [0.1, 0.15) is 6.61 Å². The summed E-state index contributed by atoms with van der Waals surface area (Å²) >= 11 is 6.91. The first-order chi connectivity index (χ1) is 15.2. The Morgan fingerprint density at radius 3 is 2.31 bits per heavy atom. The van der Waals surface area contributed by atoms with Crippen LogP contribution in [0.5, 0.6) is 11.5 Å². The van der Waals surface area contributed by atoms with E-state index in [9.17, 15) is 18.4 Å². The lowest BCUT2D eigenvalue weighted by Crippen LogP contribution is -2.04. The molecule has 0 N–H and O–H groups in total. The molecule has 8 heteroatoms. The molecule has 0 heterocycles. The van der Waals surface area contributed by atoms with Gasteiger partial charge >= 0.3 is 6.18 Å². The Morgan fingerprint density at radius 1 is 1.00 bits per heavy atom. The number of alkyl halides is 3. The first-order valence-corrected chi connectivity index (χ1v) is 10.8. The monoisotopic (exact) mass is 565 g/mol. The van der Waals surface area contributed by atoms with E-state index in [0.29, 0.717) is 29.2 Å². The van der Waals surface area contributed by atoms with E-state index in [4.69, 9.17) is 9.47 Å². The molecule has 0 unspecified atom stereocenters. The minimum absolute atomic E-state index is 0.230. The average molecular weight is 567 g/mol. The van der Waals surface area contributed by atoms with Crippen LogP contribution in [0.1, 0.15) is 22.3 Å². The van der Waals surface area contributed by atoms with Crippen LogP contribution in [0, 0.1) is 11.3 Å². The molecule has 0 aliphatic heterocycles. The number of ether oxygens (including phenoxy) is 2. The van der Waals surface area contributed by atoms with Crippen molar-refractivity contribution >= 4 is 43.5 Å². The second-order valence-corrected chi connectivity index (χ2v) is 8.45. The minimum atomic E-state index is -4.43. The second kappa shape index (κ2) is 10.2. The van der Waals surface area contributed by atoms with E-state index in [2.05, 4.69) is 31.9 Å². The third-order valence-corrected chi connectivity index (χ3v) is 5.77. The van der Waals surface area contributed by atoms with Crippen molar-refractivity contribution in [3.8, 4) is 17.6 Å². The van der Waals surface area contributed by atoms with Crippen LogP contribution in [-0.2, 0) is 12.8 Å². The third-order valence-electron chi connectivity index (χ3n) is 4.54. The molecule has 0 saturated carbocycles. The number of halogens is 5. The highest BCUT2D eigenvalue weighted by Crippen LogP contribution is 2.33. The Labute approximate surface area is 200 Å². The number of nitrogens with zero attached hydrogens (tertiary/aromatic N) is 1. The Balaban J connectivity index is 1.82. The predicted molar refractivity (Wildman–Crippen MR) is 124 cm³/mol. The Hall–Kier alpha value is -2.76. The molecular weight excluding hydrogens is 551 g/mol. The molecule has 0 aliphatic carbocycles. The number of nitriles is 1. The summed E-state index contributed by atoms with van der Waals surface area (Å²) in [5.74, 6) is 0.990. The summed E-state index contributed by atoms with van der Waals surface area (Å²) in [6.07, 6.45) is -2.84. The molecule has 0 radical (unpaired) electrons. The zero-order chi connectivity index (χ0) is 23.3. The van der Waals surface area contributed by atoms with Gasteiger partial charge in [0, 0.05) is 14.5 Å². The van der Waals surface area contributed by atoms with E-state index >= 15 is 0 Å². The number of rotatable bonds is 6. The van der Waals surface area contributed by atoms with E-state index < -0.39 is 11.7 Å². The zero-order valence-electron chi connectivity index (χ0n) is 16.7. The molecule has 3 aromatic carbocycles. The number of methoxy groups -OCH3 is 1. The van der Waals surface area contributed by atoms with Gasteiger partial charge in [-0.25, -0.2) is 0 Å². The van der Waals surface area contributed by atoms with Gasteiger partial charge in [0.05, 0.1) is 24.3 Å². The van der Waals surface area contributed by atoms with Crippen molar-refractivity contribution in [2.75, 3.05) is 7.11 Å². The van der Waals surface area contributed by atoms with Gasteiger partial charge in [0.2, 0.25) is 0 Å². The first kappa shape index (κ1) is 23.9. The fourth-order valence-corrected chi connectivity index (χ4v) is 4.03. The lowest BCUT2D eigenvalue weighted by molar-refractivity contribution is -0.137. The van der Waals surface area contributed by atoms with Gasteiger partial charge in [-0.15, -0.1) is 0 Å². The molecule has 0 fully saturated rings. The van der Waals surface area contributed by atoms with Crippen LogP contribution in [0.2, 0.25) is 0 Å². The highest BCUT2D eigenvalue weighted by Gasteiger charge is 2.30. The minimum Gasteiger partial charge on any atom is -0.493 e. The van der Waals surface area contributed by atoms with Crippen LogP contribution in [0.25, 0.3) is 11.6 Å². The average Bonchev–Trinajstić information content (AvgIpc) is 2.76. The highest BCUT2D eigenvalue weighted by molar-refractivity contribution is 9.11. The van der Waals surface area contributed by atoms with Crippen molar-refractivity contribution < 1.29 is 22.6 Å². The molecule has 0 atom stereocenters. The fraction of sp³-hybridized carbons (Fsp3) is 0.125. The van der Waals surface area contributed by atoms with Gasteiger partial charge in [-0.3, -0.25) is 0 Å². The molecular formula is C24H16Br2F3NO2. The molecule has 0 spiro atoms. The summed E-state index contributed by atoms with van der Waals surface area (Å²) in [5.41, 5.74) is 1.45. The molecule has 0 aromatic heterocycles. The lowest BCUT2D eigenvalue weighted by Gasteiger charge is -2.13. The van der Waals surface area contributed by atoms with E-state index in [-0.39, 0.29) is 5.57 Å². The number of allylic oxidation sites excluding steroid dienone is 1. The van der Waals surface area contributed by atoms with E-state index in [1.165, 1.54) is 19.2 Å². The van der Waals surface area contributed by atoms with Crippen LogP contribution < -0.4 is 9.47 Å². The van der Waals surface area contributed by atoms with E-state index in [1.54, 1.807) is 24.3 Å². The standard InChI is InChI=1S/C24H16Br2F3NO2/c1-31-23-11-15(2-9-22(23)32-14-17-5-8-20(25)12-21(17)26)10-18(13-30)16-3-6-19(7-4-16)24(27,28)29/h2-12H,14H2,1H3/b18-10-. The summed E-state index contributed by atoms with van der Waals surface area (Å²) in [5, 5.41) is 9.50. The Bertz CT molecular complexity index is 1180. The first-order valence-electron chi connectivity index (χ1n) is 9.25. The van der Waals surface area contributed by atoms with Crippen LogP contribution in [0.4, 0.5) is 13.2 Å². The fourth-order valence-electron chi connectivity index (χ4n) is 2.87. The smallest absolute Gasteiger partial charge is 0.416 e. The molecule has 3 rings (SSSR count). The van der Waals surface area contributed by atoms with Gasteiger partial charge in [-0.2, -0.15) is 18.4 Å². The normalized spacial score (nSPS) is 11.7. The van der Waals surface area contributed by atoms with Crippen molar-refractivity contribution in [2.24, 2.45) is 0 Å². The molecule has 3 aromatic rings. The molecule has 32 heavy (non-hydrogen) atoms. The number of hydrogen-bond acceptors (Lipinski definition) is 3. The largest absolute Gasteiger partial charge is 0.493 e. The molecule has 164 valence electrons. The summed E-state index contributed by atoms with van der Waals surface area (Å²) in [6, 6.07) is 17.4. The molecule has 0 bridgehead atoms. The summed E-state index contributed by atoms with van der Waals surface area (Å²) in [6.45, 7) is 0.314. The summed E-state index contributed by atoms with van der Waals surface area (Å²) in [4.78, 5) is 0. The van der Waals surface area contributed by atoms with Crippen molar-refractivity contribution in [1.82, 2.24) is 0 Å². The second-order valence-electron chi connectivity index (χ2n) is 6.68. The maximum absolute atomic E-state index is 12.8. The Morgan fingerprint density at radius 2 is 1.72 bits per heavy atom. The molecule has 0 amide bonds. The van der Waals surface area contributed by atoms with E-state index in [1.807, 2.05) is 24.3 Å². The zero-order valence-corrected chi connectivity index (χ0v) is 19.9. The van der Waals surface area contributed by atoms with Gasteiger partial charge < -0.3 is 9.47 Å². The molecule has 3 nitrogen and oxygen atoms in total. The molecule has 0 aliphatic rings. The van der Waals surface area contributed by atoms with Crippen LogP contribution in [0.3, 0.4) is 0 Å². The topological polar surface area (TPSA) is 42.2 Å².